The van der Waals surface area contributed by atoms with Crippen LogP contribution in [0.2, 0.25) is 0 Å². The molecule has 0 radical (unpaired) electrons. The lowest BCUT2D eigenvalue weighted by atomic mass is 10.0. The summed E-state index contributed by atoms with van der Waals surface area (Å²) in [5.41, 5.74) is 0.689. The highest BCUT2D eigenvalue weighted by molar-refractivity contribution is 5.94. The third kappa shape index (κ3) is 2.44. The molecular formula is C16H19N3O2. The number of para-hydroxylation sites is 1. The monoisotopic (exact) mass is 285 g/mol. The topological polar surface area (TPSA) is 66.3 Å². The average Bonchev–Trinajstić information content (AvgIpc) is 2.95. The Labute approximate surface area is 123 Å². The van der Waals surface area contributed by atoms with Crippen LogP contribution >= 0.6 is 0 Å². The number of carboxylic acid groups (broad SMARTS) is 1. The number of nitrogens with zero attached hydrogens (tertiary/aromatic N) is 3. The summed E-state index contributed by atoms with van der Waals surface area (Å²) in [4.78, 5) is 22.0. The van der Waals surface area contributed by atoms with Crippen molar-refractivity contribution in [2.24, 2.45) is 5.92 Å². The molecule has 1 atom stereocenters. The Hall–Kier alpha value is -2.17. The molecule has 0 saturated carbocycles. The van der Waals surface area contributed by atoms with Gasteiger partial charge in [-0.2, -0.15) is 0 Å². The fraction of sp³-hybridized carbons (Fsp3) is 0.438. The SMILES string of the molecule is CC(C)C1CCCN1c1nc(C(=O)O)nc2ccccc12. The molecule has 2 aromatic rings. The van der Waals surface area contributed by atoms with Crippen molar-refractivity contribution in [3.8, 4) is 0 Å². The Balaban J connectivity index is 2.18. The minimum atomic E-state index is -1.08. The third-order valence-corrected chi connectivity index (χ3v) is 4.12. The number of benzene rings is 1. The predicted octanol–water partition coefficient (Wildman–Crippen LogP) is 2.95. The van der Waals surface area contributed by atoms with E-state index in [0.29, 0.717) is 17.5 Å². The highest BCUT2D eigenvalue weighted by Crippen LogP contribution is 2.32. The molecular weight excluding hydrogens is 266 g/mol. The van der Waals surface area contributed by atoms with E-state index in [-0.39, 0.29) is 5.82 Å². The Morgan fingerprint density at radius 3 is 2.81 bits per heavy atom. The molecule has 0 amide bonds. The van der Waals surface area contributed by atoms with E-state index in [2.05, 4.69) is 28.7 Å². The van der Waals surface area contributed by atoms with Crippen LogP contribution < -0.4 is 4.90 Å². The highest BCUT2D eigenvalue weighted by Gasteiger charge is 2.30. The molecule has 0 spiro atoms. The van der Waals surface area contributed by atoms with Crippen LogP contribution in [0, 0.1) is 5.92 Å². The molecule has 110 valence electrons. The summed E-state index contributed by atoms with van der Waals surface area (Å²) in [7, 11) is 0. The van der Waals surface area contributed by atoms with Gasteiger partial charge in [0.05, 0.1) is 5.52 Å². The van der Waals surface area contributed by atoms with Crippen LogP contribution in [0.4, 0.5) is 5.82 Å². The maximum Gasteiger partial charge on any atom is 0.374 e. The van der Waals surface area contributed by atoms with Crippen molar-refractivity contribution in [1.29, 1.82) is 0 Å². The first kappa shape index (κ1) is 13.8. The predicted molar refractivity (Wildman–Crippen MR) is 81.7 cm³/mol. The summed E-state index contributed by atoms with van der Waals surface area (Å²) >= 11 is 0. The molecule has 1 aromatic carbocycles. The van der Waals surface area contributed by atoms with Gasteiger partial charge in [0.1, 0.15) is 5.82 Å². The van der Waals surface area contributed by atoms with E-state index in [1.54, 1.807) is 0 Å². The quantitative estimate of drug-likeness (QED) is 0.939. The summed E-state index contributed by atoms with van der Waals surface area (Å²) in [5, 5.41) is 10.2. The van der Waals surface area contributed by atoms with Crippen LogP contribution in [0.5, 0.6) is 0 Å². The molecule has 21 heavy (non-hydrogen) atoms. The zero-order valence-corrected chi connectivity index (χ0v) is 12.3. The van der Waals surface area contributed by atoms with Gasteiger partial charge in [-0.05, 0) is 30.9 Å². The third-order valence-electron chi connectivity index (χ3n) is 4.12. The Morgan fingerprint density at radius 1 is 1.33 bits per heavy atom. The first-order valence-electron chi connectivity index (χ1n) is 7.34. The molecule has 5 heteroatoms. The molecule has 2 heterocycles. The molecule has 1 saturated heterocycles. The van der Waals surface area contributed by atoms with E-state index in [1.807, 2.05) is 24.3 Å². The Morgan fingerprint density at radius 2 is 2.10 bits per heavy atom. The van der Waals surface area contributed by atoms with Gasteiger partial charge < -0.3 is 10.0 Å². The molecule has 1 aromatic heterocycles. The number of rotatable bonds is 3. The molecule has 1 aliphatic heterocycles. The number of anilines is 1. The van der Waals surface area contributed by atoms with Crippen LogP contribution in [0.3, 0.4) is 0 Å². The van der Waals surface area contributed by atoms with E-state index >= 15 is 0 Å². The summed E-state index contributed by atoms with van der Waals surface area (Å²) in [6.45, 7) is 5.32. The van der Waals surface area contributed by atoms with E-state index in [9.17, 15) is 9.90 Å². The second-order valence-corrected chi connectivity index (χ2v) is 5.84. The summed E-state index contributed by atoms with van der Waals surface area (Å²) in [6, 6.07) is 8.02. The summed E-state index contributed by atoms with van der Waals surface area (Å²) in [5.74, 6) is 0.0594. The number of hydrogen-bond donors (Lipinski definition) is 1. The minimum absolute atomic E-state index is 0.127. The first-order valence-corrected chi connectivity index (χ1v) is 7.34. The smallest absolute Gasteiger partial charge is 0.374 e. The molecule has 1 aliphatic rings. The molecule has 1 fully saturated rings. The highest BCUT2D eigenvalue weighted by atomic mass is 16.4. The molecule has 5 nitrogen and oxygen atoms in total. The lowest BCUT2D eigenvalue weighted by Crippen LogP contribution is -2.34. The van der Waals surface area contributed by atoms with Crippen molar-refractivity contribution in [3.63, 3.8) is 0 Å². The van der Waals surface area contributed by atoms with E-state index < -0.39 is 5.97 Å². The zero-order chi connectivity index (χ0) is 15.0. The Bertz CT molecular complexity index is 684. The normalized spacial score (nSPS) is 18.6. The lowest BCUT2D eigenvalue weighted by Gasteiger charge is -2.29. The van der Waals surface area contributed by atoms with E-state index in [1.165, 1.54) is 0 Å². The van der Waals surface area contributed by atoms with Gasteiger partial charge in [0.25, 0.3) is 0 Å². The van der Waals surface area contributed by atoms with Gasteiger partial charge >= 0.3 is 5.97 Å². The van der Waals surface area contributed by atoms with Gasteiger partial charge in [0.15, 0.2) is 0 Å². The summed E-state index contributed by atoms with van der Waals surface area (Å²) < 4.78 is 0. The molecule has 0 bridgehead atoms. The van der Waals surface area contributed by atoms with Gasteiger partial charge in [0, 0.05) is 18.0 Å². The zero-order valence-electron chi connectivity index (χ0n) is 12.3. The molecule has 1 unspecified atom stereocenters. The van der Waals surface area contributed by atoms with Crippen LogP contribution in [0.1, 0.15) is 37.3 Å². The number of aromatic carboxylic acids is 1. The largest absolute Gasteiger partial charge is 0.475 e. The molecule has 3 rings (SSSR count). The van der Waals surface area contributed by atoms with Crippen LogP contribution in [0.15, 0.2) is 24.3 Å². The second kappa shape index (κ2) is 5.31. The second-order valence-electron chi connectivity index (χ2n) is 5.84. The molecule has 0 aliphatic carbocycles. The maximum atomic E-state index is 11.3. The van der Waals surface area contributed by atoms with Gasteiger partial charge in [0.2, 0.25) is 5.82 Å². The molecule has 1 N–H and O–H groups in total. The average molecular weight is 285 g/mol. The van der Waals surface area contributed by atoms with Gasteiger partial charge in [-0.15, -0.1) is 0 Å². The number of carboxylic acids is 1. The van der Waals surface area contributed by atoms with Crippen molar-refractivity contribution in [3.05, 3.63) is 30.1 Å². The fourth-order valence-corrected chi connectivity index (χ4v) is 3.12. The van der Waals surface area contributed by atoms with Crippen LogP contribution in [0.25, 0.3) is 10.9 Å². The lowest BCUT2D eigenvalue weighted by molar-refractivity contribution is 0.0684. The number of hydrogen-bond acceptors (Lipinski definition) is 4. The summed E-state index contributed by atoms with van der Waals surface area (Å²) in [6.07, 6.45) is 2.24. The van der Waals surface area contributed by atoms with Crippen LogP contribution in [-0.4, -0.2) is 33.6 Å². The standard InChI is InChI=1S/C16H19N3O2/c1-10(2)13-8-5-9-19(13)15-11-6-3-4-7-12(11)17-14(18-15)16(20)21/h3-4,6-7,10,13H,5,8-9H2,1-2H3,(H,20,21). The Kier molecular flexibility index (Phi) is 3.49. The van der Waals surface area contributed by atoms with E-state index in [4.69, 9.17) is 0 Å². The maximum absolute atomic E-state index is 11.3. The van der Waals surface area contributed by atoms with Crippen LogP contribution in [-0.2, 0) is 0 Å². The number of fused-ring (bicyclic) bond motifs is 1. The van der Waals surface area contributed by atoms with Crippen molar-refractivity contribution in [2.75, 3.05) is 11.4 Å². The van der Waals surface area contributed by atoms with E-state index in [0.717, 1.165) is 30.6 Å². The first-order chi connectivity index (χ1) is 10.1. The number of carbonyl (C=O) groups is 1. The van der Waals surface area contributed by atoms with Gasteiger partial charge in [-0.3, -0.25) is 0 Å². The van der Waals surface area contributed by atoms with Crippen molar-refractivity contribution in [2.45, 2.75) is 32.7 Å². The van der Waals surface area contributed by atoms with Crippen molar-refractivity contribution >= 4 is 22.7 Å². The minimum Gasteiger partial charge on any atom is -0.475 e. The fourth-order valence-electron chi connectivity index (χ4n) is 3.12. The van der Waals surface area contributed by atoms with Crippen molar-refractivity contribution < 1.29 is 9.90 Å². The van der Waals surface area contributed by atoms with Gasteiger partial charge in [-0.1, -0.05) is 26.0 Å². The van der Waals surface area contributed by atoms with Gasteiger partial charge in [-0.25, -0.2) is 14.8 Å². The van der Waals surface area contributed by atoms with Crippen molar-refractivity contribution in [1.82, 2.24) is 9.97 Å². The number of aromatic nitrogens is 2.